The smallest absolute Gasteiger partial charge is 0.249 e. The summed E-state index contributed by atoms with van der Waals surface area (Å²) < 4.78 is 0. The molecule has 6 nitrogen and oxygen atoms in total. The zero-order valence-electron chi connectivity index (χ0n) is 12.1. The molecule has 0 aliphatic carbocycles. The number of aryl methyl sites for hydroxylation is 2. The predicted molar refractivity (Wildman–Crippen MR) is 74.6 cm³/mol. The van der Waals surface area contributed by atoms with Gasteiger partial charge in [0.05, 0.1) is 17.4 Å². The van der Waals surface area contributed by atoms with Crippen LogP contribution in [0.15, 0.2) is 0 Å². The van der Waals surface area contributed by atoms with Gasteiger partial charge in [-0.2, -0.15) is 0 Å². The Morgan fingerprint density at radius 3 is 2.37 bits per heavy atom. The second kappa shape index (κ2) is 7.13. The average Bonchev–Trinajstić information content (AvgIpc) is 2.37. The molecule has 1 aromatic rings. The van der Waals surface area contributed by atoms with Crippen molar-refractivity contribution in [2.75, 3.05) is 5.32 Å². The van der Waals surface area contributed by atoms with E-state index in [0.717, 1.165) is 24.2 Å². The van der Waals surface area contributed by atoms with Gasteiger partial charge in [0.15, 0.2) is 0 Å². The molecule has 1 aromatic heterocycles. The Balaban J connectivity index is 2.74. The van der Waals surface area contributed by atoms with Crippen LogP contribution in [0.3, 0.4) is 0 Å². The van der Waals surface area contributed by atoms with Crippen molar-refractivity contribution in [3.05, 3.63) is 11.4 Å². The summed E-state index contributed by atoms with van der Waals surface area (Å²) in [4.78, 5) is 16.2. The Labute approximate surface area is 114 Å². The lowest BCUT2D eigenvalue weighted by atomic mass is 10.0. The number of nitrogens with two attached hydrogens (primary N) is 1. The number of carbonyl (C=O) groups excluding carboxylic acids is 1. The largest absolute Gasteiger partial charge is 0.320 e. The van der Waals surface area contributed by atoms with Gasteiger partial charge in [0.25, 0.3) is 0 Å². The van der Waals surface area contributed by atoms with E-state index in [0.29, 0.717) is 12.3 Å². The molecule has 1 heterocycles. The zero-order valence-corrected chi connectivity index (χ0v) is 12.1. The number of hydrogen-bond donors (Lipinski definition) is 2. The third-order valence-corrected chi connectivity index (χ3v) is 2.81. The van der Waals surface area contributed by atoms with Crippen molar-refractivity contribution in [2.45, 2.75) is 53.0 Å². The second-order valence-electron chi connectivity index (χ2n) is 4.96. The lowest BCUT2D eigenvalue weighted by Gasteiger charge is -2.13. The van der Waals surface area contributed by atoms with E-state index in [2.05, 4.69) is 20.5 Å². The normalized spacial score (nSPS) is 12.5. The van der Waals surface area contributed by atoms with Crippen molar-refractivity contribution in [3.63, 3.8) is 0 Å². The summed E-state index contributed by atoms with van der Waals surface area (Å²) in [6.07, 6.45) is 2.18. The van der Waals surface area contributed by atoms with Crippen molar-refractivity contribution in [2.24, 2.45) is 11.7 Å². The molecule has 1 atom stereocenters. The number of rotatable bonds is 6. The number of nitrogens with one attached hydrogen (secondary N) is 1. The highest BCUT2D eigenvalue weighted by molar-refractivity contribution is 5.93. The zero-order chi connectivity index (χ0) is 14.4. The molecule has 19 heavy (non-hydrogen) atoms. The van der Waals surface area contributed by atoms with E-state index in [9.17, 15) is 4.79 Å². The van der Waals surface area contributed by atoms with Crippen molar-refractivity contribution >= 4 is 11.9 Å². The second-order valence-corrected chi connectivity index (χ2v) is 4.96. The van der Waals surface area contributed by atoms with Crippen LogP contribution in [0, 0.1) is 5.92 Å². The topological polar surface area (TPSA) is 93.8 Å². The maximum Gasteiger partial charge on any atom is 0.249 e. The minimum absolute atomic E-state index is 0.234. The lowest BCUT2D eigenvalue weighted by molar-refractivity contribution is -0.117. The van der Waals surface area contributed by atoms with Crippen LogP contribution < -0.4 is 11.1 Å². The number of aromatic nitrogens is 3. The van der Waals surface area contributed by atoms with E-state index >= 15 is 0 Å². The first-order chi connectivity index (χ1) is 8.97. The summed E-state index contributed by atoms with van der Waals surface area (Å²) in [7, 11) is 0. The Kier molecular flexibility index (Phi) is 5.82. The lowest BCUT2D eigenvalue weighted by Crippen LogP contribution is -2.37. The summed E-state index contributed by atoms with van der Waals surface area (Å²) in [6, 6.07) is -0.542. The number of anilines is 1. The molecule has 3 N–H and O–H groups in total. The predicted octanol–water partition coefficient (Wildman–Crippen LogP) is 1.31. The Morgan fingerprint density at radius 2 is 1.84 bits per heavy atom. The van der Waals surface area contributed by atoms with Gasteiger partial charge >= 0.3 is 0 Å². The molecule has 0 radical (unpaired) electrons. The standard InChI is InChI=1S/C13H23N5O/c1-5-10-11(6-2)17-18-13(15-10)16-12(19)9(14)7-8(3)4/h8-9H,5-7,14H2,1-4H3,(H,15,16,18,19)/t9-/m0/s1. The van der Waals surface area contributed by atoms with Crippen molar-refractivity contribution in [3.8, 4) is 0 Å². The van der Waals surface area contributed by atoms with Gasteiger partial charge in [0.2, 0.25) is 11.9 Å². The fraction of sp³-hybridized carbons (Fsp3) is 0.692. The molecule has 0 aromatic carbocycles. The van der Waals surface area contributed by atoms with Gasteiger partial charge in [-0.3, -0.25) is 10.1 Å². The molecule has 1 rings (SSSR count). The summed E-state index contributed by atoms with van der Waals surface area (Å²) in [6.45, 7) is 8.05. The highest BCUT2D eigenvalue weighted by atomic mass is 16.2. The molecule has 1 amide bonds. The maximum atomic E-state index is 11.9. The van der Waals surface area contributed by atoms with Crippen LogP contribution in [0.5, 0.6) is 0 Å². The van der Waals surface area contributed by atoms with Crippen LogP contribution in [0.4, 0.5) is 5.95 Å². The van der Waals surface area contributed by atoms with Gasteiger partial charge in [0, 0.05) is 0 Å². The van der Waals surface area contributed by atoms with Gasteiger partial charge in [-0.25, -0.2) is 4.98 Å². The fourth-order valence-corrected chi connectivity index (χ4v) is 1.81. The van der Waals surface area contributed by atoms with E-state index in [1.165, 1.54) is 0 Å². The first-order valence-electron chi connectivity index (χ1n) is 6.76. The molecule has 0 saturated heterocycles. The van der Waals surface area contributed by atoms with Crippen LogP contribution in [0.1, 0.15) is 45.5 Å². The van der Waals surface area contributed by atoms with E-state index < -0.39 is 6.04 Å². The van der Waals surface area contributed by atoms with Crippen LogP contribution in [0.25, 0.3) is 0 Å². The highest BCUT2D eigenvalue weighted by Crippen LogP contribution is 2.08. The van der Waals surface area contributed by atoms with E-state index in [1.54, 1.807) is 0 Å². The Bertz CT molecular complexity index is 433. The van der Waals surface area contributed by atoms with Crippen LogP contribution >= 0.6 is 0 Å². The first kappa shape index (κ1) is 15.5. The monoisotopic (exact) mass is 265 g/mol. The SMILES string of the molecule is CCc1nnc(NC(=O)[C@@H](N)CC(C)C)nc1CC. The molecule has 0 bridgehead atoms. The van der Waals surface area contributed by atoms with E-state index in [1.807, 2.05) is 27.7 Å². The molecule has 106 valence electrons. The van der Waals surface area contributed by atoms with E-state index in [4.69, 9.17) is 5.73 Å². The molecular formula is C13H23N5O. The summed E-state index contributed by atoms with van der Waals surface area (Å²) >= 11 is 0. The minimum Gasteiger partial charge on any atom is -0.320 e. The van der Waals surface area contributed by atoms with Crippen molar-refractivity contribution < 1.29 is 4.79 Å². The third kappa shape index (κ3) is 4.55. The van der Waals surface area contributed by atoms with Gasteiger partial charge in [-0.15, -0.1) is 10.2 Å². The highest BCUT2D eigenvalue weighted by Gasteiger charge is 2.17. The molecule has 0 unspecified atom stereocenters. The minimum atomic E-state index is -0.542. The van der Waals surface area contributed by atoms with Gasteiger partial charge in [0.1, 0.15) is 0 Å². The van der Waals surface area contributed by atoms with Crippen LogP contribution in [0.2, 0.25) is 0 Å². The maximum absolute atomic E-state index is 11.9. The molecular weight excluding hydrogens is 242 g/mol. The molecule has 0 aliphatic heterocycles. The number of nitrogens with zero attached hydrogens (tertiary/aromatic N) is 3. The summed E-state index contributed by atoms with van der Waals surface area (Å²) in [5.74, 6) is 0.341. The molecule has 0 saturated carbocycles. The fourth-order valence-electron chi connectivity index (χ4n) is 1.81. The quantitative estimate of drug-likeness (QED) is 0.808. The molecule has 0 aliphatic rings. The van der Waals surface area contributed by atoms with Gasteiger partial charge in [-0.05, 0) is 25.2 Å². The molecule has 6 heteroatoms. The Morgan fingerprint density at radius 1 is 1.21 bits per heavy atom. The summed E-state index contributed by atoms with van der Waals surface area (Å²) in [5.41, 5.74) is 7.54. The first-order valence-corrected chi connectivity index (χ1v) is 6.76. The number of carbonyl (C=O) groups is 1. The van der Waals surface area contributed by atoms with Crippen molar-refractivity contribution in [1.82, 2.24) is 15.2 Å². The summed E-state index contributed by atoms with van der Waals surface area (Å²) in [5, 5.41) is 10.6. The number of hydrogen-bond acceptors (Lipinski definition) is 5. The van der Waals surface area contributed by atoms with Crippen molar-refractivity contribution in [1.29, 1.82) is 0 Å². The van der Waals surface area contributed by atoms with Gasteiger partial charge in [-0.1, -0.05) is 27.7 Å². The van der Waals surface area contributed by atoms with Crippen LogP contribution in [-0.2, 0) is 17.6 Å². The van der Waals surface area contributed by atoms with E-state index in [-0.39, 0.29) is 11.9 Å². The van der Waals surface area contributed by atoms with Gasteiger partial charge < -0.3 is 5.73 Å². The number of amides is 1. The molecule has 0 fully saturated rings. The molecule has 0 spiro atoms. The Hall–Kier alpha value is -1.56. The average molecular weight is 265 g/mol. The third-order valence-electron chi connectivity index (χ3n) is 2.81. The van der Waals surface area contributed by atoms with Crippen LogP contribution in [-0.4, -0.2) is 27.1 Å².